The molecule has 0 aliphatic rings. The number of hydrazine groups is 1. The molecule has 1 rings (SSSR count). The fourth-order valence-corrected chi connectivity index (χ4v) is 3.24. The van der Waals surface area contributed by atoms with E-state index in [0.29, 0.717) is 16.0 Å². The Kier molecular flexibility index (Phi) is 7.42. The monoisotopic (exact) mass is 306 g/mol. The number of hydrogen-bond acceptors (Lipinski definition) is 3. The zero-order valence-corrected chi connectivity index (χ0v) is 13.1. The molecule has 0 radical (unpaired) electrons. The lowest BCUT2D eigenvalue weighted by molar-refractivity contribution is 0.575. The molecule has 0 fully saturated rings. The van der Waals surface area contributed by atoms with Crippen molar-refractivity contribution in [3.8, 4) is 0 Å². The summed E-state index contributed by atoms with van der Waals surface area (Å²) in [5.74, 6) is 8.37. The highest BCUT2D eigenvalue weighted by Crippen LogP contribution is 2.26. The molecular formula is C13H20Cl2N2S. The van der Waals surface area contributed by atoms with Crippen LogP contribution in [0.2, 0.25) is 10.0 Å². The van der Waals surface area contributed by atoms with E-state index in [9.17, 15) is 0 Å². The second-order valence-corrected chi connectivity index (χ2v) is 6.59. The van der Waals surface area contributed by atoms with Crippen LogP contribution in [0, 0.1) is 5.92 Å². The number of rotatable bonds is 7. The van der Waals surface area contributed by atoms with Gasteiger partial charge in [0.2, 0.25) is 0 Å². The lowest BCUT2D eigenvalue weighted by Gasteiger charge is -2.17. The van der Waals surface area contributed by atoms with Crippen LogP contribution in [-0.2, 0) is 6.42 Å². The number of nitrogens with two attached hydrogens (primary N) is 1. The van der Waals surface area contributed by atoms with Gasteiger partial charge in [0, 0.05) is 21.8 Å². The summed E-state index contributed by atoms with van der Waals surface area (Å²) in [4.78, 5) is 0. The third-order valence-corrected chi connectivity index (χ3v) is 4.77. The summed E-state index contributed by atoms with van der Waals surface area (Å²) in [5, 5.41) is 1.41. The summed E-state index contributed by atoms with van der Waals surface area (Å²) >= 11 is 14.2. The molecule has 1 aromatic carbocycles. The Labute approximate surface area is 124 Å². The summed E-state index contributed by atoms with van der Waals surface area (Å²) in [7, 11) is 0. The number of halogens is 2. The van der Waals surface area contributed by atoms with Crippen LogP contribution >= 0.6 is 35.0 Å². The Morgan fingerprint density at radius 1 is 1.22 bits per heavy atom. The summed E-state index contributed by atoms with van der Waals surface area (Å²) in [6.07, 6.45) is 0.750. The Balaban J connectivity index is 2.57. The smallest absolute Gasteiger partial charge is 0.0453 e. The molecule has 0 saturated heterocycles. The summed E-state index contributed by atoms with van der Waals surface area (Å²) in [6, 6.07) is 5.76. The topological polar surface area (TPSA) is 38.0 Å². The Morgan fingerprint density at radius 2 is 1.83 bits per heavy atom. The number of nitrogens with one attached hydrogen (secondary N) is 1. The first kappa shape index (κ1) is 16.1. The average molecular weight is 307 g/mol. The molecule has 18 heavy (non-hydrogen) atoms. The summed E-state index contributed by atoms with van der Waals surface area (Å²) in [5.41, 5.74) is 3.81. The van der Waals surface area contributed by atoms with E-state index >= 15 is 0 Å². The van der Waals surface area contributed by atoms with Gasteiger partial charge < -0.3 is 0 Å². The van der Waals surface area contributed by atoms with Gasteiger partial charge in [0.25, 0.3) is 0 Å². The third kappa shape index (κ3) is 5.37. The van der Waals surface area contributed by atoms with Crippen LogP contribution in [0.15, 0.2) is 18.2 Å². The van der Waals surface area contributed by atoms with Crippen molar-refractivity contribution in [3.05, 3.63) is 33.8 Å². The molecule has 0 heterocycles. The van der Waals surface area contributed by atoms with Crippen molar-refractivity contribution in [1.29, 1.82) is 0 Å². The third-order valence-electron chi connectivity index (χ3n) is 2.52. The van der Waals surface area contributed by atoms with Crippen molar-refractivity contribution >= 4 is 35.0 Å². The van der Waals surface area contributed by atoms with Gasteiger partial charge >= 0.3 is 0 Å². The number of thioether (sulfide) groups is 1. The van der Waals surface area contributed by atoms with Crippen molar-refractivity contribution in [2.75, 3.05) is 11.5 Å². The minimum Gasteiger partial charge on any atom is -0.271 e. The van der Waals surface area contributed by atoms with E-state index in [0.717, 1.165) is 23.5 Å². The molecule has 102 valence electrons. The van der Waals surface area contributed by atoms with Gasteiger partial charge in [-0.25, -0.2) is 0 Å². The van der Waals surface area contributed by atoms with E-state index in [4.69, 9.17) is 29.0 Å². The first-order chi connectivity index (χ1) is 8.54. The van der Waals surface area contributed by atoms with Gasteiger partial charge in [-0.2, -0.15) is 11.8 Å². The van der Waals surface area contributed by atoms with Crippen molar-refractivity contribution < 1.29 is 0 Å². The molecule has 1 atom stereocenters. The van der Waals surface area contributed by atoms with Crippen LogP contribution in [-0.4, -0.2) is 17.5 Å². The lowest BCUT2D eigenvalue weighted by Crippen LogP contribution is -2.39. The van der Waals surface area contributed by atoms with E-state index in [1.807, 2.05) is 30.0 Å². The molecule has 1 unspecified atom stereocenters. The molecule has 0 saturated carbocycles. The highest BCUT2D eigenvalue weighted by molar-refractivity contribution is 7.99. The Morgan fingerprint density at radius 3 is 2.33 bits per heavy atom. The SMILES string of the molecule is CC(C)CSCC(Cc1c(Cl)cccc1Cl)NN. The van der Waals surface area contributed by atoms with E-state index in [2.05, 4.69) is 19.3 Å². The van der Waals surface area contributed by atoms with Crippen LogP contribution in [0.25, 0.3) is 0 Å². The van der Waals surface area contributed by atoms with Gasteiger partial charge in [0.05, 0.1) is 0 Å². The molecule has 0 aliphatic carbocycles. The molecule has 2 nitrogen and oxygen atoms in total. The average Bonchev–Trinajstić information content (AvgIpc) is 2.31. The van der Waals surface area contributed by atoms with Gasteiger partial charge in [0.15, 0.2) is 0 Å². The standard InChI is InChI=1S/C13H20Cl2N2S/c1-9(2)7-18-8-10(17-16)6-11-12(14)4-3-5-13(11)15/h3-5,9-10,17H,6-8,16H2,1-2H3. The molecule has 3 N–H and O–H groups in total. The van der Waals surface area contributed by atoms with Crippen LogP contribution < -0.4 is 11.3 Å². The molecule has 0 aliphatic heterocycles. The second kappa shape index (κ2) is 8.28. The predicted octanol–water partition coefficient (Wildman–Crippen LogP) is 3.76. The normalized spacial score (nSPS) is 13.0. The Hall–Kier alpha value is 0.0700. The molecular weight excluding hydrogens is 287 g/mol. The quantitative estimate of drug-likeness (QED) is 0.595. The van der Waals surface area contributed by atoms with Gasteiger partial charge in [-0.3, -0.25) is 11.3 Å². The van der Waals surface area contributed by atoms with Crippen LogP contribution in [0.1, 0.15) is 19.4 Å². The van der Waals surface area contributed by atoms with E-state index < -0.39 is 0 Å². The number of hydrogen-bond donors (Lipinski definition) is 2. The van der Waals surface area contributed by atoms with E-state index in [1.165, 1.54) is 0 Å². The fourth-order valence-electron chi connectivity index (χ4n) is 1.59. The number of benzene rings is 1. The highest BCUT2D eigenvalue weighted by atomic mass is 35.5. The molecule has 0 bridgehead atoms. The molecule has 0 amide bonds. The maximum absolute atomic E-state index is 6.16. The van der Waals surface area contributed by atoms with Gasteiger partial charge in [-0.15, -0.1) is 0 Å². The zero-order chi connectivity index (χ0) is 13.5. The maximum atomic E-state index is 6.16. The van der Waals surface area contributed by atoms with Crippen LogP contribution in [0.3, 0.4) is 0 Å². The van der Waals surface area contributed by atoms with Gasteiger partial charge in [-0.1, -0.05) is 43.1 Å². The summed E-state index contributed by atoms with van der Waals surface area (Å²) in [6.45, 7) is 4.42. The fraction of sp³-hybridized carbons (Fsp3) is 0.538. The van der Waals surface area contributed by atoms with E-state index in [1.54, 1.807) is 0 Å². The first-order valence-corrected chi connectivity index (χ1v) is 7.92. The highest BCUT2D eigenvalue weighted by Gasteiger charge is 2.13. The van der Waals surface area contributed by atoms with Gasteiger partial charge in [0.1, 0.15) is 0 Å². The second-order valence-electron chi connectivity index (χ2n) is 4.70. The molecule has 1 aromatic rings. The van der Waals surface area contributed by atoms with Crippen molar-refractivity contribution in [3.63, 3.8) is 0 Å². The van der Waals surface area contributed by atoms with Crippen molar-refractivity contribution in [2.24, 2.45) is 11.8 Å². The van der Waals surface area contributed by atoms with Gasteiger partial charge in [-0.05, 0) is 35.8 Å². The minimum atomic E-state index is 0.186. The molecule has 5 heteroatoms. The van der Waals surface area contributed by atoms with Crippen molar-refractivity contribution in [2.45, 2.75) is 26.3 Å². The lowest BCUT2D eigenvalue weighted by atomic mass is 10.1. The largest absolute Gasteiger partial charge is 0.271 e. The van der Waals surface area contributed by atoms with Crippen LogP contribution in [0.4, 0.5) is 0 Å². The first-order valence-electron chi connectivity index (χ1n) is 6.01. The summed E-state index contributed by atoms with van der Waals surface area (Å²) < 4.78 is 0. The minimum absolute atomic E-state index is 0.186. The molecule has 0 aromatic heterocycles. The molecule has 0 spiro atoms. The predicted molar refractivity (Wildman–Crippen MR) is 83.4 cm³/mol. The van der Waals surface area contributed by atoms with Crippen molar-refractivity contribution in [1.82, 2.24) is 5.43 Å². The Bertz CT molecular complexity index is 352. The maximum Gasteiger partial charge on any atom is 0.0453 e. The van der Waals surface area contributed by atoms with Crippen LogP contribution in [0.5, 0.6) is 0 Å². The van der Waals surface area contributed by atoms with E-state index in [-0.39, 0.29) is 6.04 Å². The zero-order valence-electron chi connectivity index (χ0n) is 10.7.